The third-order valence-corrected chi connectivity index (χ3v) is 3.92. The predicted octanol–water partition coefficient (Wildman–Crippen LogP) is 3.95. The maximum Gasteiger partial charge on any atom is 0.308 e. The molecule has 21 heavy (non-hydrogen) atoms. The highest BCUT2D eigenvalue weighted by Crippen LogP contribution is 2.47. The van der Waals surface area contributed by atoms with Crippen LogP contribution in [0, 0.1) is 12.3 Å². The van der Waals surface area contributed by atoms with Gasteiger partial charge in [0.25, 0.3) is 0 Å². The van der Waals surface area contributed by atoms with Gasteiger partial charge >= 0.3 is 5.97 Å². The Bertz CT molecular complexity index is 623. The summed E-state index contributed by atoms with van der Waals surface area (Å²) in [4.78, 5) is 23.0. The molecule has 0 radical (unpaired) electrons. The number of carbonyl (C=O) groups is 2. The summed E-state index contributed by atoms with van der Waals surface area (Å²) in [6, 6.07) is 5.87. The number of ether oxygens (including phenoxy) is 1. The molecule has 112 valence electrons. The summed E-state index contributed by atoms with van der Waals surface area (Å²) in [5.41, 5.74) is 3.06. The molecule has 2 rings (SSSR count). The largest absolute Gasteiger partial charge is 0.427 e. The summed E-state index contributed by atoms with van der Waals surface area (Å²) in [5, 5.41) is 0. The van der Waals surface area contributed by atoms with Gasteiger partial charge in [-0.2, -0.15) is 0 Å². The first-order chi connectivity index (χ1) is 9.69. The van der Waals surface area contributed by atoms with E-state index in [1.54, 1.807) is 6.08 Å². The SMILES string of the molecule is CC(=O)Oc1cc(C)cc(C2C(C)=CC(=O)CC2(C)C)c1. The normalized spacial score (nSPS) is 20.9. The summed E-state index contributed by atoms with van der Waals surface area (Å²) < 4.78 is 5.23. The topological polar surface area (TPSA) is 43.4 Å². The van der Waals surface area contributed by atoms with Crippen LogP contribution in [0.3, 0.4) is 0 Å². The lowest BCUT2D eigenvalue weighted by molar-refractivity contribution is -0.131. The zero-order valence-electron chi connectivity index (χ0n) is 13.3. The van der Waals surface area contributed by atoms with E-state index in [1.807, 2.05) is 26.0 Å². The van der Waals surface area contributed by atoms with Crippen LogP contribution in [0.25, 0.3) is 0 Å². The Labute approximate surface area is 126 Å². The molecule has 3 nitrogen and oxygen atoms in total. The minimum Gasteiger partial charge on any atom is -0.427 e. The minimum atomic E-state index is -0.322. The van der Waals surface area contributed by atoms with Crippen LogP contribution in [0.15, 0.2) is 29.8 Å². The molecule has 3 heteroatoms. The van der Waals surface area contributed by atoms with Gasteiger partial charge in [-0.3, -0.25) is 9.59 Å². The number of hydrogen-bond donors (Lipinski definition) is 0. The van der Waals surface area contributed by atoms with Crippen LogP contribution in [0.2, 0.25) is 0 Å². The third kappa shape index (κ3) is 3.41. The van der Waals surface area contributed by atoms with Gasteiger partial charge in [0.2, 0.25) is 0 Å². The molecule has 0 fully saturated rings. The number of allylic oxidation sites excluding steroid dienone is 2. The maximum absolute atomic E-state index is 11.8. The molecule has 0 heterocycles. The molecule has 0 saturated carbocycles. The standard InChI is InChI=1S/C18H22O3/c1-11-6-14(9-16(7-11)21-13(3)19)17-12(2)8-15(20)10-18(17,4)5/h6-9,17H,10H2,1-5H3. The second-order valence-corrected chi connectivity index (χ2v) is 6.63. The molecule has 1 aliphatic carbocycles. The first kappa shape index (κ1) is 15.5. The van der Waals surface area contributed by atoms with E-state index in [9.17, 15) is 9.59 Å². The highest BCUT2D eigenvalue weighted by Gasteiger charge is 2.37. The first-order valence-corrected chi connectivity index (χ1v) is 7.20. The quantitative estimate of drug-likeness (QED) is 0.610. The van der Waals surface area contributed by atoms with E-state index in [2.05, 4.69) is 19.9 Å². The smallest absolute Gasteiger partial charge is 0.308 e. The van der Waals surface area contributed by atoms with Gasteiger partial charge in [-0.1, -0.05) is 25.5 Å². The van der Waals surface area contributed by atoms with E-state index in [-0.39, 0.29) is 23.1 Å². The lowest BCUT2D eigenvalue weighted by atomic mass is 9.65. The molecule has 0 saturated heterocycles. The summed E-state index contributed by atoms with van der Waals surface area (Å²) >= 11 is 0. The third-order valence-electron chi connectivity index (χ3n) is 3.92. The van der Waals surface area contributed by atoms with Gasteiger partial charge < -0.3 is 4.74 Å². The number of carbonyl (C=O) groups excluding carboxylic acids is 2. The van der Waals surface area contributed by atoms with Gasteiger partial charge in [0.05, 0.1) is 0 Å². The van der Waals surface area contributed by atoms with Crippen molar-refractivity contribution in [2.45, 2.75) is 47.0 Å². The summed E-state index contributed by atoms with van der Waals surface area (Å²) in [6.45, 7) is 9.60. The van der Waals surface area contributed by atoms with Crippen molar-refractivity contribution in [3.8, 4) is 5.75 Å². The number of ketones is 1. The number of aryl methyl sites for hydroxylation is 1. The van der Waals surface area contributed by atoms with Crippen LogP contribution in [0.4, 0.5) is 0 Å². The Morgan fingerprint density at radius 1 is 1.24 bits per heavy atom. The van der Waals surface area contributed by atoms with Crippen LogP contribution in [-0.4, -0.2) is 11.8 Å². The van der Waals surface area contributed by atoms with Crippen molar-refractivity contribution in [2.24, 2.45) is 5.41 Å². The Morgan fingerprint density at radius 3 is 2.48 bits per heavy atom. The molecule has 0 bridgehead atoms. The molecule has 0 aromatic heterocycles. The lowest BCUT2D eigenvalue weighted by Gasteiger charge is -2.38. The monoisotopic (exact) mass is 286 g/mol. The van der Waals surface area contributed by atoms with Crippen molar-refractivity contribution in [2.75, 3.05) is 0 Å². The fourth-order valence-electron chi connectivity index (χ4n) is 3.44. The van der Waals surface area contributed by atoms with E-state index < -0.39 is 0 Å². The zero-order chi connectivity index (χ0) is 15.8. The molecule has 1 aliphatic rings. The van der Waals surface area contributed by atoms with Crippen molar-refractivity contribution in [3.63, 3.8) is 0 Å². The number of esters is 1. The zero-order valence-corrected chi connectivity index (χ0v) is 13.3. The fraction of sp³-hybridized carbons (Fsp3) is 0.444. The summed E-state index contributed by atoms with van der Waals surface area (Å²) in [5.74, 6) is 0.584. The molecule has 1 aromatic carbocycles. The van der Waals surface area contributed by atoms with Crippen molar-refractivity contribution in [3.05, 3.63) is 41.0 Å². The fourth-order valence-corrected chi connectivity index (χ4v) is 3.44. The lowest BCUT2D eigenvalue weighted by Crippen LogP contribution is -2.30. The first-order valence-electron chi connectivity index (χ1n) is 7.20. The molecular weight excluding hydrogens is 264 g/mol. The van der Waals surface area contributed by atoms with Crippen LogP contribution in [0.1, 0.15) is 51.2 Å². The van der Waals surface area contributed by atoms with E-state index in [4.69, 9.17) is 4.74 Å². The van der Waals surface area contributed by atoms with Crippen LogP contribution >= 0.6 is 0 Å². The second-order valence-electron chi connectivity index (χ2n) is 6.63. The molecular formula is C18H22O3. The molecule has 1 aromatic rings. The van der Waals surface area contributed by atoms with Gasteiger partial charge in [-0.15, -0.1) is 0 Å². The molecule has 1 atom stereocenters. The van der Waals surface area contributed by atoms with E-state index >= 15 is 0 Å². The maximum atomic E-state index is 11.8. The molecule has 0 amide bonds. The number of hydrogen-bond acceptors (Lipinski definition) is 3. The second kappa shape index (κ2) is 5.47. The van der Waals surface area contributed by atoms with E-state index in [0.29, 0.717) is 12.2 Å². The van der Waals surface area contributed by atoms with Crippen LogP contribution in [0.5, 0.6) is 5.75 Å². The average Bonchev–Trinajstić information content (AvgIpc) is 2.23. The molecule has 0 N–H and O–H groups in total. The van der Waals surface area contributed by atoms with Crippen molar-refractivity contribution >= 4 is 11.8 Å². The van der Waals surface area contributed by atoms with Crippen molar-refractivity contribution < 1.29 is 14.3 Å². The van der Waals surface area contributed by atoms with Gasteiger partial charge in [-0.25, -0.2) is 0 Å². The highest BCUT2D eigenvalue weighted by atomic mass is 16.5. The summed E-state index contributed by atoms with van der Waals surface area (Å²) in [7, 11) is 0. The molecule has 0 spiro atoms. The Morgan fingerprint density at radius 2 is 1.90 bits per heavy atom. The Kier molecular flexibility index (Phi) is 4.04. The summed E-state index contributed by atoms with van der Waals surface area (Å²) in [6.07, 6.45) is 2.27. The molecule has 1 unspecified atom stereocenters. The van der Waals surface area contributed by atoms with Crippen molar-refractivity contribution in [1.82, 2.24) is 0 Å². The predicted molar refractivity (Wildman–Crippen MR) is 82.4 cm³/mol. The van der Waals surface area contributed by atoms with Gasteiger partial charge in [0, 0.05) is 19.3 Å². The van der Waals surface area contributed by atoms with Crippen LogP contribution < -0.4 is 4.74 Å². The number of benzene rings is 1. The molecule has 0 aliphatic heterocycles. The number of rotatable bonds is 2. The van der Waals surface area contributed by atoms with E-state index in [0.717, 1.165) is 16.7 Å². The van der Waals surface area contributed by atoms with Crippen LogP contribution in [-0.2, 0) is 9.59 Å². The van der Waals surface area contributed by atoms with Gasteiger partial charge in [0.15, 0.2) is 5.78 Å². The van der Waals surface area contributed by atoms with E-state index in [1.165, 1.54) is 6.92 Å². The van der Waals surface area contributed by atoms with Gasteiger partial charge in [0.1, 0.15) is 5.75 Å². The Hall–Kier alpha value is -1.90. The Balaban J connectivity index is 2.49. The average molecular weight is 286 g/mol. The van der Waals surface area contributed by atoms with Gasteiger partial charge in [-0.05, 0) is 48.6 Å². The minimum absolute atomic E-state index is 0.142. The van der Waals surface area contributed by atoms with Crippen molar-refractivity contribution in [1.29, 1.82) is 0 Å². The highest BCUT2D eigenvalue weighted by molar-refractivity contribution is 5.92.